The molecule has 0 radical (unpaired) electrons. The molecule has 1 fully saturated rings. The second-order valence-electron chi connectivity index (χ2n) is 8.65. The second-order valence-corrected chi connectivity index (χ2v) is 9.07. The molecule has 0 aliphatic heterocycles. The van der Waals surface area contributed by atoms with Gasteiger partial charge in [-0.2, -0.15) is 26.3 Å². The molecule has 0 bridgehead atoms. The van der Waals surface area contributed by atoms with E-state index in [4.69, 9.17) is 16.3 Å². The fourth-order valence-corrected chi connectivity index (χ4v) is 4.77. The Bertz CT molecular complexity index is 1010. The number of benzene rings is 2. The number of nitrogens with zero attached hydrogens (tertiary/aromatic N) is 1. The second kappa shape index (κ2) is 10.4. The molecule has 0 N–H and O–H groups in total. The number of likely N-dealkylation sites (N-methyl/N-ethyl adjacent to an activating group) is 1. The van der Waals surface area contributed by atoms with Crippen LogP contribution in [0.15, 0.2) is 42.5 Å². The molecule has 0 spiro atoms. The SMILES string of the molecule is C[C@@H](OC1CCC(N(C)CC(=O)Cl)C1c1ccc(F)cc1)c1cc(C(F)(F)F)cc(C(F)(F)F)c1. The van der Waals surface area contributed by atoms with E-state index in [1.165, 1.54) is 19.1 Å². The van der Waals surface area contributed by atoms with Crippen molar-refractivity contribution in [3.63, 3.8) is 0 Å². The predicted octanol–water partition coefficient (Wildman–Crippen LogP) is 6.95. The molecule has 11 heteroatoms. The minimum atomic E-state index is -4.97. The van der Waals surface area contributed by atoms with Gasteiger partial charge in [0, 0.05) is 12.0 Å². The summed E-state index contributed by atoms with van der Waals surface area (Å²) in [6.07, 6.45) is -10.7. The van der Waals surface area contributed by atoms with Crippen molar-refractivity contribution in [2.45, 2.75) is 56.3 Å². The maximum absolute atomic E-state index is 13.5. The summed E-state index contributed by atoms with van der Waals surface area (Å²) in [7, 11) is 1.68. The van der Waals surface area contributed by atoms with E-state index in [1.54, 1.807) is 24.1 Å². The topological polar surface area (TPSA) is 29.5 Å². The van der Waals surface area contributed by atoms with Crippen molar-refractivity contribution in [3.05, 3.63) is 70.5 Å². The van der Waals surface area contributed by atoms with Gasteiger partial charge in [-0.25, -0.2) is 4.39 Å². The maximum Gasteiger partial charge on any atom is 0.416 e. The Morgan fingerprint density at radius 2 is 1.57 bits per heavy atom. The zero-order valence-corrected chi connectivity index (χ0v) is 19.5. The average molecular weight is 526 g/mol. The lowest BCUT2D eigenvalue weighted by atomic mass is 9.91. The van der Waals surface area contributed by atoms with Crippen molar-refractivity contribution in [1.82, 2.24) is 4.90 Å². The van der Waals surface area contributed by atoms with E-state index < -0.39 is 52.7 Å². The summed E-state index contributed by atoms with van der Waals surface area (Å²) in [5, 5.41) is -0.591. The highest BCUT2D eigenvalue weighted by atomic mass is 35.5. The fourth-order valence-electron chi connectivity index (χ4n) is 4.58. The molecule has 192 valence electrons. The Morgan fingerprint density at radius 3 is 2.06 bits per heavy atom. The van der Waals surface area contributed by atoms with Crippen LogP contribution in [-0.4, -0.2) is 35.9 Å². The van der Waals surface area contributed by atoms with Crippen LogP contribution in [0.3, 0.4) is 0 Å². The number of ether oxygens (including phenoxy) is 1. The molecule has 0 amide bonds. The molecule has 0 heterocycles. The Kier molecular flexibility index (Phi) is 8.18. The molecule has 1 saturated carbocycles. The van der Waals surface area contributed by atoms with Crippen LogP contribution >= 0.6 is 11.6 Å². The van der Waals surface area contributed by atoms with Crippen LogP contribution < -0.4 is 0 Å². The minimum Gasteiger partial charge on any atom is -0.370 e. The molecule has 2 aromatic carbocycles. The molecular weight excluding hydrogens is 503 g/mol. The van der Waals surface area contributed by atoms with Gasteiger partial charge in [0.1, 0.15) is 5.82 Å². The van der Waals surface area contributed by atoms with E-state index in [0.29, 0.717) is 30.5 Å². The van der Waals surface area contributed by atoms with Gasteiger partial charge in [-0.1, -0.05) is 12.1 Å². The van der Waals surface area contributed by atoms with Crippen molar-refractivity contribution >= 4 is 16.8 Å². The largest absolute Gasteiger partial charge is 0.416 e. The highest BCUT2D eigenvalue weighted by molar-refractivity contribution is 6.64. The molecule has 2 aromatic rings. The Morgan fingerprint density at radius 1 is 1.03 bits per heavy atom. The third-order valence-electron chi connectivity index (χ3n) is 6.22. The Balaban J connectivity index is 1.94. The van der Waals surface area contributed by atoms with E-state index in [1.807, 2.05) is 0 Å². The van der Waals surface area contributed by atoms with E-state index >= 15 is 0 Å². The third kappa shape index (κ3) is 6.74. The zero-order valence-electron chi connectivity index (χ0n) is 18.8. The lowest BCUT2D eigenvalue weighted by Crippen LogP contribution is -2.38. The van der Waals surface area contributed by atoms with Crippen LogP contribution in [0, 0.1) is 5.82 Å². The van der Waals surface area contributed by atoms with Crippen LogP contribution in [0.1, 0.15) is 54.0 Å². The Labute approximate surface area is 202 Å². The number of carbonyl (C=O) groups is 1. The first-order valence-electron chi connectivity index (χ1n) is 10.8. The molecule has 0 saturated heterocycles. The monoisotopic (exact) mass is 525 g/mol. The van der Waals surface area contributed by atoms with Crippen molar-refractivity contribution in [3.8, 4) is 0 Å². The maximum atomic E-state index is 13.5. The fraction of sp³-hybridized carbons (Fsp3) is 0.458. The molecule has 3 unspecified atom stereocenters. The van der Waals surface area contributed by atoms with Gasteiger partial charge >= 0.3 is 12.4 Å². The summed E-state index contributed by atoms with van der Waals surface area (Å²) in [5.74, 6) is -0.894. The third-order valence-corrected chi connectivity index (χ3v) is 6.33. The molecule has 0 aromatic heterocycles. The summed E-state index contributed by atoms with van der Waals surface area (Å²) < 4.78 is 99.2. The average Bonchev–Trinajstić information content (AvgIpc) is 3.16. The summed E-state index contributed by atoms with van der Waals surface area (Å²) in [4.78, 5) is 13.1. The van der Waals surface area contributed by atoms with Crippen molar-refractivity contribution in [1.29, 1.82) is 0 Å². The lowest BCUT2D eigenvalue weighted by Gasteiger charge is -2.32. The van der Waals surface area contributed by atoms with E-state index in [-0.39, 0.29) is 24.2 Å². The smallest absolute Gasteiger partial charge is 0.370 e. The first-order valence-corrected chi connectivity index (χ1v) is 11.1. The standard InChI is InChI=1S/C24H23ClF7NO2/c1-13(15-9-16(23(27,28)29)11-17(10-15)24(30,31)32)35-20-8-7-19(33(2)12-21(25)34)22(20)14-3-5-18(26)6-4-14/h3-6,9-11,13,19-20,22H,7-8,12H2,1-2H3/t13-,19?,20?,22?/m1/s1. The quantitative estimate of drug-likeness (QED) is 0.289. The van der Waals surface area contributed by atoms with Gasteiger partial charge in [0.15, 0.2) is 0 Å². The number of rotatable bonds is 7. The number of carbonyl (C=O) groups excluding carboxylic acids is 1. The summed E-state index contributed by atoms with van der Waals surface area (Å²) in [5.41, 5.74) is -2.44. The van der Waals surface area contributed by atoms with Crippen LogP contribution in [0.4, 0.5) is 30.7 Å². The van der Waals surface area contributed by atoms with Crippen LogP contribution in [0.25, 0.3) is 0 Å². The first kappa shape index (κ1) is 27.4. The van der Waals surface area contributed by atoms with Gasteiger partial charge in [0.05, 0.1) is 29.9 Å². The number of halogens is 8. The minimum absolute atomic E-state index is 0.0707. The van der Waals surface area contributed by atoms with E-state index in [2.05, 4.69) is 0 Å². The van der Waals surface area contributed by atoms with E-state index in [0.717, 1.165) is 0 Å². The molecular formula is C24H23ClF7NO2. The predicted molar refractivity (Wildman–Crippen MR) is 115 cm³/mol. The van der Waals surface area contributed by atoms with Gasteiger partial charge in [-0.05, 0) is 79.9 Å². The van der Waals surface area contributed by atoms with Gasteiger partial charge in [0.25, 0.3) is 0 Å². The Hall–Kier alpha value is -2.17. The van der Waals surface area contributed by atoms with Crippen LogP contribution in [-0.2, 0) is 21.9 Å². The van der Waals surface area contributed by atoms with Gasteiger partial charge in [0.2, 0.25) is 5.24 Å². The number of hydrogen-bond donors (Lipinski definition) is 0. The summed E-state index contributed by atoms with van der Waals surface area (Å²) in [6, 6.07) is 6.69. The summed E-state index contributed by atoms with van der Waals surface area (Å²) >= 11 is 5.52. The zero-order chi connectivity index (χ0) is 26.1. The van der Waals surface area contributed by atoms with Crippen molar-refractivity contribution in [2.24, 2.45) is 0 Å². The summed E-state index contributed by atoms with van der Waals surface area (Å²) in [6.45, 7) is 1.31. The van der Waals surface area contributed by atoms with E-state index in [9.17, 15) is 35.5 Å². The molecule has 1 aliphatic carbocycles. The molecule has 1 aliphatic rings. The first-order chi connectivity index (χ1) is 16.2. The number of alkyl halides is 6. The van der Waals surface area contributed by atoms with Crippen molar-refractivity contribution in [2.75, 3.05) is 13.6 Å². The highest BCUT2D eigenvalue weighted by Crippen LogP contribution is 2.43. The molecule has 3 nitrogen and oxygen atoms in total. The molecule has 35 heavy (non-hydrogen) atoms. The number of hydrogen-bond acceptors (Lipinski definition) is 3. The van der Waals surface area contributed by atoms with Crippen molar-refractivity contribution < 1.29 is 40.3 Å². The van der Waals surface area contributed by atoms with Gasteiger partial charge in [-0.15, -0.1) is 0 Å². The van der Waals surface area contributed by atoms with Crippen LogP contribution in [0.5, 0.6) is 0 Å². The highest BCUT2D eigenvalue weighted by Gasteiger charge is 2.42. The molecule has 3 rings (SSSR count). The lowest BCUT2D eigenvalue weighted by molar-refractivity contribution is -0.143. The van der Waals surface area contributed by atoms with Crippen LogP contribution in [0.2, 0.25) is 0 Å². The normalized spacial score (nSPS) is 22.0. The van der Waals surface area contributed by atoms with Gasteiger partial charge in [-0.3, -0.25) is 9.69 Å². The van der Waals surface area contributed by atoms with Gasteiger partial charge < -0.3 is 4.74 Å². The molecule has 4 atom stereocenters.